The number of nitrogens with one attached hydrogen (secondary N) is 1. The lowest BCUT2D eigenvalue weighted by atomic mass is 10.1. The Balaban J connectivity index is 1.16. The molecule has 1 aliphatic carbocycles. The maximum absolute atomic E-state index is 14.7. The number of amides is 1. The predicted octanol–water partition coefficient (Wildman–Crippen LogP) is 2.61. The maximum Gasteiger partial charge on any atom is 0.296 e. The zero-order chi connectivity index (χ0) is 25.8. The smallest absolute Gasteiger partial charge is 0.296 e. The number of aromatic amines is 1. The van der Waals surface area contributed by atoms with Crippen LogP contribution in [0.25, 0.3) is 11.2 Å². The number of aromatic nitrogens is 3. The van der Waals surface area contributed by atoms with Crippen molar-refractivity contribution < 1.29 is 37.6 Å². The van der Waals surface area contributed by atoms with E-state index in [0.717, 1.165) is 25.0 Å². The topological polar surface area (TPSA) is 119 Å². The summed E-state index contributed by atoms with van der Waals surface area (Å²) in [7, 11) is 1.62. The van der Waals surface area contributed by atoms with Gasteiger partial charge in [-0.1, -0.05) is 11.6 Å². The quantitative estimate of drug-likeness (QED) is 0.473. The number of carbonyl (C=O) groups excluding carboxylic acids is 1. The zero-order valence-electron chi connectivity index (χ0n) is 19.6. The summed E-state index contributed by atoms with van der Waals surface area (Å²) >= 11 is 6.27. The number of aliphatic hydroxyl groups excluding tert-OH is 1. The number of H-pyrrole nitrogens is 1. The molecule has 10 nitrogen and oxygen atoms in total. The highest BCUT2D eigenvalue weighted by atomic mass is 35.5. The van der Waals surface area contributed by atoms with Gasteiger partial charge in [-0.25, -0.2) is 8.78 Å². The molecule has 2 aromatic heterocycles. The van der Waals surface area contributed by atoms with Gasteiger partial charge in [-0.05, 0) is 31.0 Å². The summed E-state index contributed by atoms with van der Waals surface area (Å²) in [6, 6.07) is 3.77. The minimum absolute atomic E-state index is 0.0636. The standard InChI is InChI=1S/C24H23ClF2N4O6/c1-31(11-2-3-11)23(33)10-4-14(26)12(15(27)5-10)7-36-22-13(25)6-16-21(29-22)30-24(28-16)37-18-9-35-19-17(32)8-34-20(18)19/h4-6,11,17-20,32H,2-3,7-9H2,1H3,(H,28,29,30)/t17-,18-,19?,20-/m1/s1. The number of nitrogens with zero attached hydrogens (tertiary/aromatic N) is 3. The van der Waals surface area contributed by atoms with Crippen molar-refractivity contribution in [3.8, 4) is 11.9 Å². The van der Waals surface area contributed by atoms with Crippen molar-refractivity contribution >= 4 is 28.7 Å². The fourth-order valence-corrected chi connectivity index (χ4v) is 4.77. The highest BCUT2D eigenvalue weighted by Gasteiger charge is 2.48. The number of halogens is 3. The molecule has 6 rings (SSSR count). The van der Waals surface area contributed by atoms with Gasteiger partial charge in [0.25, 0.3) is 11.9 Å². The molecule has 2 saturated heterocycles. The SMILES string of the molecule is CN(C(=O)c1cc(F)c(COc2nc3nc(O[C@@H]4COC5[C@H](O)CO[C@@H]54)[nH]c3cc2Cl)c(F)c1)C1CC1. The number of benzene rings is 1. The van der Waals surface area contributed by atoms with E-state index in [2.05, 4.69) is 15.0 Å². The first kappa shape index (κ1) is 24.3. The van der Waals surface area contributed by atoms with Gasteiger partial charge >= 0.3 is 0 Å². The monoisotopic (exact) mass is 536 g/mol. The third-order valence-corrected chi connectivity index (χ3v) is 7.04. The van der Waals surface area contributed by atoms with Crippen LogP contribution in [0.5, 0.6) is 11.9 Å². The van der Waals surface area contributed by atoms with Crippen LogP contribution in [0.15, 0.2) is 18.2 Å². The van der Waals surface area contributed by atoms with E-state index in [1.165, 1.54) is 11.0 Å². The van der Waals surface area contributed by atoms with Gasteiger partial charge in [-0.3, -0.25) is 4.79 Å². The van der Waals surface area contributed by atoms with Crippen LogP contribution >= 0.6 is 11.6 Å². The van der Waals surface area contributed by atoms with E-state index in [-0.39, 0.29) is 52.9 Å². The van der Waals surface area contributed by atoms with Crippen molar-refractivity contribution in [2.24, 2.45) is 0 Å². The van der Waals surface area contributed by atoms with E-state index in [4.69, 9.17) is 30.5 Å². The zero-order valence-corrected chi connectivity index (χ0v) is 20.4. The van der Waals surface area contributed by atoms with Crippen LogP contribution in [0.4, 0.5) is 8.78 Å². The molecule has 3 aromatic rings. The molecule has 0 bridgehead atoms. The minimum atomic E-state index is -0.906. The second-order valence-electron chi connectivity index (χ2n) is 9.36. The number of imidazole rings is 1. The Labute approximate surface area is 214 Å². The summed E-state index contributed by atoms with van der Waals surface area (Å²) in [6.07, 6.45) is -0.276. The van der Waals surface area contributed by atoms with E-state index in [0.29, 0.717) is 5.52 Å². The van der Waals surface area contributed by atoms with Crippen LogP contribution in [-0.2, 0) is 16.1 Å². The van der Waals surface area contributed by atoms with Crippen LogP contribution in [-0.4, -0.2) is 81.6 Å². The Morgan fingerprint density at radius 3 is 2.65 bits per heavy atom. The molecule has 1 saturated carbocycles. The van der Waals surface area contributed by atoms with Gasteiger partial charge in [0, 0.05) is 18.7 Å². The van der Waals surface area contributed by atoms with Gasteiger partial charge in [0.15, 0.2) is 11.8 Å². The average Bonchev–Trinajstić information content (AvgIpc) is 3.38. The second-order valence-corrected chi connectivity index (χ2v) is 9.77. The summed E-state index contributed by atoms with van der Waals surface area (Å²) in [5, 5.41) is 9.97. The van der Waals surface area contributed by atoms with Crippen molar-refractivity contribution in [2.45, 2.75) is 49.9 Å². The number of fused-ring (bicyclic) bond motifs is 2. The molecule has 4 heterocycles. The average molecular weight is 537 g/mol. The predicted molar refractivity (Wildman–Crippen MR) is 125 cm³/mol. The molecule has 2 aliphatic heterocycles. The van der Waals surface area contributed by atoms with Gasteiger partial charge < -0.3 is 33.9 Å². The fraction of sp³-hybridized carbons (Fsp3) is 0.458. The molecule has 3 aliphatic rings. The van der Waals surface area contributed by atoms with E-state index in [1.54, 1.807) is 7.05 Å². The molecular weight excluding hydrogens is 514 g/mol. The highest BCUT2D eigenvalue weighted by Crippen LogP contribution is 2.32. The Hall–Kier alpha value is -3.06. The second kappa shape index (κ2) is 9.35. The normalized spacial score (nSPS) is 24.9. The van der Waals surface area contributed by atoms with Gasteiger partial charge in [0.1, 0.15) is 41.6 Å². The van der Waals surface area contributed by atoms with Crippen molar-refractivity contribution in [3.05, 3.63) is 46.0 Å². The maximum atomic E-state index is 14.7. The lowest BCUT2D eigenvalue weighted by Crippen LogP contribution is -2.34. The van der Waals surface area contributed by atoms with Gasteiger partial charge in [0.2, 0.25) is 5.88 Å². The number of hydrogen-bond acceptors (Lipinski definition) is 8. The van der Waals surface area contributed by atoms with Crippen molar-refractivity contribution in [3.63, 3.8) is 0 Å². The van der Waals surface area contributed by atoms with Crippen LogP contribution in [0.3, 0.4) is 0 Å². The molecule has 3 fully saturated rings. The van der Waals surface area contributed by atoms with Gasteiger partial charge in [-0.2, -0.15) is 9.97 Å². The first-order chi connectivity index (χ1) is 17.8. The largest absolute Gasteiger partial charge is 0.471 e. The summed E-state index contributed by atoms with van der Waals surface area (Å²) in [6.45, 7) is -0.103. The Bertz CT molecular complexity index is 1350. The van der Waals surface area contributed by atoms with Crippen LogP contribution in [0.2, 0.25) is 5.02 Å². The summed E-state index contributed by atoms with van der Waals surface area (Å²) in [5.41, 5.74) is 0.243. The molecule has 0 spiro atoms. The summed E-state index contributed by atoms with van der Waals surface area (Å²) in [4.78, 5) is 25.4. The summed E-state index contributed by atoms with van der Waals surface area (Å²) < 4.78 is 51.9. The molecule has 13 heteroatoms. The molecule has 37 heavy (non-hydrogen) atoms. The Morgan fingerprint density at radius 1 is 1.19 bits per heavy atom. The van der Waals surface area contributed by atoms with E-state index in [1.807, 2.05) is 0 Å². The van der Waals surface area contributed by atoms with E-state index < -0.39 is 48.6 Å². The molecule has 0 radical (unpaired) electrons. The van der Waals surface area contributed by atoms with Crippen LogP contribution < -0.4 is 9.47 Å². The minimum Gasteiger partial charge on any atom is -0.471 e. The molecule has 196 valence electrons. The third-order valence-electron chi connectivity index (χ3n) is 6.77. The van der Waals surface area contributed by atoms with Crippen LogP contribution in [0.1, 0.15) is 28.8 Å². The van der Waals surface area contributed by atoms with Crippen molar-refractivity contribution in [1.82, 2.24) is 19.9 Å². The van der Waals surface area contributed by atoms with Gasteiger partial charge in [-0.15, -0.1) is 0 Å². The van der Waals surface area contributed by atoms with Gasteiger partial charge in [0.05, 0.1) is 24.3 Å². The van der Waals surface area contributed by atoms with Crippen molar-refractivity contribution in [2.75, 3.05) is 20.3 Å². The summed E-state index contributed by atoms with van der Waals surface area (Å²) in [5.74, 6) is -2.32. The number of pyridine rings is 1. The highest BCUT2D eigenvalue weighted by molar-refractivity contribution is 6.32. The molecular formula is C24H23ClF2N4O6. The molecule has 4 atom stereocenters. The van der Waals surface area contributed by atoms with E-state index in [9.17, 15) is 18.7 Å². The Kier molecular flexibility index (Phi) is 6.14. The third kappa shape index (κ3) is 4.58. The van der Waals surface area contributed by atoms with Crippen molar-refractivity contribution in [1.29, 1.82) is 0 Å². The number of carbonyl (C=O) groups is 1. The first-order valence-corrected chi connectivity index (χ1v) is 12.2. The number of ether oxygens (including phenoxy) is 4. The number of rotatable bonds is 7. The van der Waals surface area contributed by atoms with E-state index >= 15 is 0 Å². The Morgan fingerprint density at radius 2 is 1.92 bits per heavy atom. The van der Waals surface area contributed by atoms with Crippen LogP contribution in [0, 0.1) is 11.6 Å². The number of aliphatic hydroxyl groups is 1. The number of hydrogen-bond donors (Lipinski definition) is 2. The molecule has 2 N–H and O–H groups in total. The molecule has 1 amide bonds. The lowest BCUT2D eigenvalue weighted by molar-refractivity contribution is 0.00706. The fourth-order valence-electron chi connectivity index (χ4n) is 4.56. The molecule has 1 unspecified atom stereocenters. The first-order valence-electron chi connectivity index (χ1n) is 11.8. The molecule has 1 aromatic carbocycles. The lowest BCUT2D eigenvalue weighted by Gasteiger charge is -2.17.